The van der Waals surface area contributed by atoms with Gasteiger partial charge in [0, 0.05) is 21.1 Å². The molecule has 0 N–H and O–H groups in total. The molecule has 0 aromatic carbocycles. The molecule has 2 heteroatoms. The molecule has 0 fully saturated rings. The van der Waals surface area contributed by atoms with Crippen molar-refractivity contribution in [3.05, 3.63) is 7.43 Å². The molecular weight excluding hydrogens is 263 g/mol. The molecule has 0 saturated heterocycles. The molecule has 0 aliphatic rings. The van der Waals surface area contributed by atoms with Crippen LogP contribution >= 0.6 is 8.58 Å². The van der Waals surface area contributed by atoms with Gasteiger partial charge in [-0.1, -0.05) is 7.43 Å². The Morgan fingerprint density at radius 2 is 1.17 bits per heavy atom. The number of hydrogen-bond donors (Lipinski definition) is 0. The Kier molecular flexibility index (Phi) is 163. The second-order valence-electron chi connectivity index (χ2n) is 0.500. The number of hydrogen-bond acceptors (Lipinski definition) is 0. The van der Waals surface area contributed by atoms with Crippen molar-refractivity contribution in [2.75, 3.05) is 13.3 Å². The van der Waals surface area contributed by atoms with E-state index in [1.54, 1.807) is 0 Å². The summed E-state index contributed by atoms with van der Waals surface area (Å²) < 4.78 is 0. The van der Waals surface area contributed by atoms with Crippen LogP contribution in [0.3, 0.4) is 0 Å². The zero-order chi connectivity index (χ0) is 2.71. The van der Waals surface area contributed by atoms with Crippen LogP contribution in [0.4, 0.5) is 0 Å². The van der Waals surface area contributed by atoms with Gasteiger partial charge in [0.05, 0.1) is 0 Å². The Morgan fingerprint density at radius 1 is 1.17 bits per heavy atom. The van der Waals surface area contributed by atoms with E-state index in [0.29, 0.717) is 0 Å². The summed E-state index contributed by atoms with van der Waals surface area (Å²) in [5.41, 5.74) is 0. The standard InChI is InChI=1S/C2H7P.CH4.CH3.W/c1-3-2;;;/h3H,1-2H3;1H4;1H3;/q;;-1;. The van der Waals surface area contributed by atoms with Crippen molar-refractivity contribution in [3.63, 3.8) is 0 Å². The molecule has 0 rings (SSSR count). The van der Waals surface area contributed by atoms with Gasteiger partial charge < -0.3 is 7.43 Å². The van der Waals surface area contributed by atoms with Crippen molar-refractivity contribution < 1.29 is 21.1 Å². The van der Waals surface area contributed by atoms with E-state index in [2.05, 4.69) is 13.3 Å². The summed E-state index contributed by atoms with van der Waals surface area (Å²) in [6, 6.07) is 0. The molecule has 42 valence electrons. The predicted molar refractivity (Wildman–Crippen MR) is 33.3 cm³/mol. The van der Waals surface area contributed by atoms with Gasteiger partial charge >= 0.3 is 0 Å². The van der Waals surface area contributed by atoms with Crippen LogP contribution in [-0.4, -0.2) is 13.3 Å². The minimum absolute atomic E-state index is 0. The minimum Gasteiger partial charge on any atom is -0.358 e. The van der Waals surface area contributed by atoms with Gasteiger partial charge in [0.25, 0.3) is 0 Å². The van der Waals surface area contributed by atoms with Crippen LogP contribution in [-0.2, 0) is 21.1 Å². The molecule has 0 nitrogen and oxygen atoms in total. The Labute approximate surface area is 58.1 Å². The normalized spacial score (nSPS) is 3.00. The van der Waals surface area contributed by atoms with Crippen LogP contribution in [0.15, 0.2) is 0 Å². The van der Waals surface area contributed by atoms with E-state index in [0.717, 1.165) is 8.58 Å². The Balaban J connectivity index is -0.00000000667. The van der Waals surface area contributed by atoms with Gasteiger partial charge in [-0.05, 0) is 13.3 Å². The van der Waals surface area contributed by atoms with Crippen LogP contribution in [0, 0.1) is 7.43 Å². The average molecular weight is 277 g/mol. The smallest absolute Gasteiger partial charge is 0 e. The van der Waals surface area contributed by atoms with Gasteiger partial charge in [-0.3, -0.25) is 0 Å². The van der Waals surface area contributed by atoms with Crippen LogP contribution in [0.2, 0.25) is 0 Å². The molecule has 0 bridgehead atoms. The largest absolute Gasteiger partial charge is 0.358 e. The van der Waals surface area contributed by atoms with Crippen LogP contribution in [0.25, 0.3) is 0 Å². The first-order valence-electron chi connectivity index (χ1n) is 1.00. The topological polar surface area (TPSA) is 0 Å². The molecule has 0 radical (unpaired) electrons. The molecule has 0 atom stereocenters. The van der Waals surface area contributed by atoms with E-state index in [1.807, 2.05) is 0 Å². The average Bonchev–Trinajstić information content (AvgIpc) is 0.918. The van der Waals surface area contributed by atoms with Crippen LogP contribution in [0.1, 0.15) is 7.43 Å². The van der Waals surface area contributed by atoms with Gasteiger partial charge in [-0.25, -0.2) is 0 Å². The summed E-state index contributed by atoms with van der Waals surface area (Å²) in [7, 11) is 1.08. The van der Waals surface area contributed by atoms with E-state index in [9.17, 15) is 0 Å². The summed E-state index contributed by atoms with van der Waals surface area (Å²) >= 11 is 0. The van der Waals surface area contributed by atoms with Gasteiger partial charge in [-0.2, -0.15) is 0 Å². The first kappa shape index (κ1) is 27.4. The summed E-state index contributed by atoms with van der Waals surface area (Å²) in [6.45, 7) is 4.31. The monoisotopic (exact) mass is 277 g/mol. The minimum atomic E-state index is 0. The first-order valence-corrected chi connectivity index (χ1v) is 3.00. The van der Waals surface area contributed by atoms with E-state index in [4.69, 9.17) is 0 Å². The molecule has 0 aromatic heterocycles. The first-order chi connectivity index (χ1) is 1.41. The van der Waals surface area contributed by atoms with Crippen LogP contribution < -0.4 is 0 Å². The molecule has 0 unspecified atom stereocenters. The molecule has 0 aliphatic heterocycles. The summed E-state index contributed by atoms with van der Waals surface area (Å²) in [5, 5.41) is 0. The van der Waals surface area contributed by atoms with Gasteiger partial charge in [0.2, 0.25) is 0 Å². The van der Waals surface area contributed by atoms with Crippen molar-refractivity contribution in [2.24, 2.45) is 0 Å². The van der Waals surface area contributed by atoms with Gasteiger partial charge in [-0.15, -0.1) is 8.58 Å². The molecule has 0 heterocycles. The maximum Gasteiger partial charge on any atom is 0 e. The SMILES string of the molecule is C.CPC.[CH3-].[W]. The fourth-order valence-electron chi connectivity index (χ4n) is 0. The summed E-state index contributed by atoms with van der Waals surface area (Å²) in [5.74, 6) is 0. The second-order valence-corrected chi connectivity index (χ2v) is 1.50. The molecular formula is C4H14PW-. The summed E-state index contributed by atoms with van der Waals surface area (Å²) in [4.78, 5) is 0. The maximum atomic E-state index is 2.15. The molecule has 0 aromatic rings. The third-order valence-corrected chi connectivity index (χ3v) is 0. The fraction of sp³-hybridized carbons (Fsp3) is 0.750. The molecule has 0 saturated carbocycles. The van der Waals surface area contributed by atoms with Gasteiger partial charge in [0.1, 0.15) is 0 Å². The third-order valence-electron chi connectivity index (χ3n) is 0. The maximum absolute atomic E-state index is 2.15. The molecule has 0 aliphatic carbocycles. The van der Waals surface area contributed by atoms with Crippen molar-refractivity contribution in [1.29, 1.82) is 0 Å². The van der Waals surface area contributed by atoms with Gasteiger partial charge in [0.15, 0.2) is 0 Å². The molecule has 6 heavy (non-hydrogen) atoms. The van der Waals surface area contributed by atoms with E-state index in [-0.39, 0.29) is 35.9 Å². The zero-order valence-corrected chi connectivity index (χ0v) is 7.84. The van der Waals surface area contributed by atoms with Crippen molar-refractivity contribution in [1.82, 2.24) is 0 Å². The molecule has 0 spiro atoms. The Bertz CT molecular complexity index is 7.51. The second kappa shape index (κ2) is 35.7. The van der Waals surface area contributed by atoms with Crippen molar-refractivity contribution in [2.45, 2.75) is 7.43 Å². The number of rotatable bonds is 0. The summed E-state index contributed by atoms with van der Waals surface area (Å²) in [6.07, 6.45) is 0. The van der Waals surface area contributed by atoms with Crippen LogP contribution in [0.5, 0.6) is 0 Å². The predicted octanol–water partition coefficient (Wildman–Crippen LogP) is 2.01. The van der Waals surface area contributed by atoms with E-state index < -0.39 is 0 Å². The zero-order valence-electron chi connectivity index (χ0n) is 3.91. The molecule has 0 amide bonds. The quantitative estimate of drug-likeness (QED) is 0.469. The Hall–Kier alpha value is 1.12. The fourth-order valence-corrected chi connectivity index (χ4v) is 0. The van der Waals surface area contributed by atoms with E-state index in [1.165, 1.54) is 0 Å². The van der Waals surface area contributed by atoms with E-state index >= 15 is 0 Å². The van der Waals surface area contributed by atoms with Crippen molar-refractivity contribution >= 4 is 8.58 Å². The third kappa shape index (κ3) is 69.4. The van der Waals surface area contributed by atoms with Crippen molar-refractivity contribution in [3.8, 4) is 0 Å². The Morgan fingerprint density at radius 3 is 1.17 bits per heavy atom.